The van der Waals surface area contributed by atoms with Crippen LogP contribution in [0.4, 0.5) is 5.69 Å². The number of hydrogen-bond donors (Lipinski definition) is 6. The van der Waals surface area contributed by atoms with E-state index in [1.54, 1.807) is 18.2 Å². The summed E-state index contributed by atoms with van der Waals surface area (Å²) in [7, 11) is -2.26. The molecule has 3 rings (SSSR count). The number of fused-ring (bicyclic) bond motifs is 1. The number of ether oxygens (including phenoxy) is 1. The molecule has 1 aromatic heterocycles. The molecule has 0 saturated carbocycles. The average Bonchev–Trinajstić information content (AvgIpc) is 3.15. The summed E-state index contributed by atoms with van der Waals surface area (Å²) >= 11 is 0. The number of amides is 2. The molecule has 288 valence electrons. The van der Waals surface area contributed by atoms with Gasteiger partial charge in [-0.25, -0.2) is 4.79 Å². The molecule has 1 fully saturated rings. The number of benzene rings is 1. The lowest BCUT2D eigenvalue weighted by molar-refractivity contribution is -0.142. The maximum atomic E-state index is 13.0. The molecule has 21 heteroatoms. The molecule has 0 aliphatic carbocycles. The van der Waals surface area contributed by atoms with Crippen molar-refractivity contribution >= 4 is 67.2 Å². The Morgan fingerprint density at radius 3 is 2.04 bits per heavy atom. The van der Waals surface area contributed by atoms with Crippen LogP contribution < -0.4 is 16.2 Å². The van der Waals surface area contributed by atoms with E-state index in [1.165, 1.54) is 15.9 Å². The number of aromatic nitrogens is 1. The first-order valence-electron chi connectivity index (χ1n) is 16.3. The van der Waals surface area contributed by atoms with E-state index >= 15 is 0 Å². The minimum Gasteiger partial charge on any atom is -0.764 e. The number of aryl methyl sites for hydroxylation is 1. The molecule has 1 aliphatic rings. The van der Waals surface area contributed by atoms with Crippen LogP contribution >= 0.6 is 10.8 Å². The van der Waals surface area contributed by atoms with Crippen molar-refractivity contribution in [2.45, 2.75) is 13.0 Å². The number of carboxylic acids is 3. The molecule has 1 aromatic carbocycles. The Labute approximate surface area is 305 Å². The first kappa shape index (κ1) is 42.5. The average molecular weight is 771 g/mol. The number of anilines is 1. The van der Waals surface area contributed by atoms with Gasteiger partial charge in [0.25, 0.3) is 0 Å². The maximum absolute atomic E-state index is 13.0. The Bertz CT molecular complexity index is 1640. The fourth-order valence-electron chi connectivity index (χ4n) is 5.49. The number of rotatable bonds is 20. The Balaban J connectivity index is 1.55. The molecule has 1 aliphatic heterocycles. The first-order chi connectivity index (χ1) is 24.7. The fraction of sp³-hybridized carbons (Fsp3) is 0.548. The lowest BCUT2D eigenvalue weighted by Crippen LogP contribution is -2.49. The number of nitrogens with one attached hydrogen (secondary N) is 3. The first-order valence-corrected chi connectivity index (χ1v) is 18.8. The summed E-state index contributed by atoms with van der Waals surface area (Å²) in [6.45, 7) is 4.46. The molecule has 6 N–H and O–H groups in total. The van der Waals surface area contributed by atoms with Crippen LogP contribution in [-0.4, -0.2) is 182 Å². The lowest BCUT2D eigenvalue weighted by atomic mass is 10.1. The quantitative estimate of drug-likeness (QED) is 0.0646. The Morgan fingerprint density at radius 2 is 1.50 bits per heavy atom. The third kappa shape index (κ3) is 15.7. The van der Waals surface area contributed by atoms with Crippen LogP contribution in [0.15, 0.2) is 29.1 Å². The number of aliphatic carboxylic acids is 3. The fourth-order valence-corrected chi connectivity index (χ4v) is 6.71. The second-order valence-electron chi connectivity index (χ2n) is 12.1. The molecular formula is C31H44N7O12S2-. The summed E-state index contributed by atoms with van der Waals surface area (Å²) in [5.74, 6) is -5.33. The summed E-state index contributed by atoms with van der Waals surface area (Å²) in [5.41, 5.74) is 1.59. The van der Waals surface area contributed by atoms with Gasteiger partial charge in [0.2, 0.25) is 17.4 Å². The topological polar surface area (TPSA) is 265 Å². The molecule has 2 heterocycles. The number of nitrogens with zero attached hydrogens (tertiary/aromatic N) is 4. The molecule has 0 bridgehead atoms. The molecule has 2 aromatic rings. The third-order valence-electron chi connectivity index (χ3n) is 8.05. The van der Waals surface area contributed by atoms with E-state index in [0.29, 0.717) is 74.5 Å². The highest BCUT2D eigenvalue weighted by molar-refractivity contribution is 8.67. The molecule has 19 nitrogen and oxygen atoms in total. The van der Waals surface area contributed by atoms with Crippen LogP contribution in [0.3, 0.4) is 0 Å². The summed E-state index contributed by atoms with van der Waals surface area (Å²) in [6.07, 6.45) is 0. The zero-order valence-electron chi connectivity index (χ0n) is 28.6. The van der Waals surface area contributed by atoms with Gasteiger partial charge in [0.1, 0.15) is 6.04 Å². The van der Waals surface area contributed by atoms with E-state index in [-0.39, 0.29) is 31.7 Å². The van der Waals surface area contributed by atoms with E-state index < -0.39 is 64.7 Å². The monoisotopic (exact) mass is 770 g/mol. The van der Waals surface area contributed by atoms with Gasteiger partial charge in [-0.3, -0.25) is 47.8 Å². The number of hydrogen-bond acceptors (Lipinski definition) is 14. The standard InChI is InChI=1S/C31H45N7O12S2/c1-21-14-22(15-24-23(21)2-3-26(39)33-24)32-27(40)16-37(18-29(42)43)8-6-35-4-5-36(11-13-50-12-10-35)7-9-38(19-30(44)45)17-28(41)34-25(31(46)47)20-51-52(48)49/h2-3,14-15,25H,4-13,16-20H2,1H3,(H,32,40)(H,33,39)(H,34,41)(H,42,43)(H,44,45)(H,46,47)(H,48,49)/p-1. The van der Waals surface area contributed by atoms with Crippen LogP contribution in [-0.2, 0) is 38.8 Å². The van der Waals surface area contributed by atoms with Gasteiger partial charge >= 0.3 is 17.9 Å². The highest BCUT2D eigenvalue weighted by Crippen LogP contribution is 2.21. The van der Waals surface area contributed by atoms with Crippen molar-refractivity contribution < 1.29 is 52.8 Å². The summed E-state index contributed by atoms with van der Waals surface area (Å²) in [6, 6.07) is 5.05. The maximum Gasteiger partial charge on any atom is 0.327 e. The summed E-state index contributed by atoms with van der Waals surface area (Å²) in [4.78, 5) is 81.6. The van der Waals surface area contributed by atoms with Crippen molar-refractivity contribution in [2.24, 2.45) is 0 Å². The molecule has 2 unspecified atom stereocenters. The van der Waals surface area contributed by atoms with E-state index in [4.69, 9.17) is 4.74 Å². The van der Waals surface area contributed by atoms with Crippen molar-refractivity contribution in [1.29, 1.82) is 0 Å². The lowest BCUT2D eigenvalue weighted by Gasteiger charge is -2.29. The van der Waals surface area contributed by atoms with Crippen molar-refractivity contribution in [3.05, 3.63) is 40.2 Å². The zero-order valence-corrected chi connectivity index (χ0v) is 30.2. The Kier molecular flexibility index (Phi) is 17.6. The van der Waals surface area contributed by atoms with Crippen LogP contribution in [0.1, 0.15) is 5.56 Å². The minimum absolute atomic E-state index is 0.144. The highest BCUT2D eigenvalue weighted by atomic mass is 33.1. The number of pyridine rings is 1. The van der Waals surface area contributed by atoms with Crippen LogP contribution in [0, 0.1) is 6.92 Å². The number of carbonyl (C=O) groups excluding carboxylic acids is 2. The largest absolute Gasteiger partial charge is 0.764 e. The molecule has 0 spiro atoms. The third-order valence-corrected chi connectivity index (χ3v) is 9.69. The number of carboxylic acid groups (broad SMARTS) is 3. The molecule has 1 saturated heterocycles. The second-order valence-corrected chi connectivity index (χ2v) is 14.6. The normalized spacial score (nSPS) is 15.8. The zero-order chi connectivity index (χ0) is 38.2. The van der Waals surface area contributed by atoms with Crippen LogP contribution in [0.5, 0.6) is 0 Å². The van der Waals surface area contributed by atoms with Crippen molar-refractivity contribution in [3.63, 3.8) is 0 Å². The van der Waals surface area contributed by atoms with Crippen molar-refractivity contribution in [3.8, 4) is 0 Å². The summed E-state index contributed by atoms with van der Waals surface area (Å²) < 4.78 is 27.4. The number of carbonyl (C=O) groups is 5. The van der Waals surface area contributed by atoms with Gasteiger partial charge in [-0.1, -0.05) is 10.8 Å². The predicted octanol–water partition coefficient (Wildman–Crippen LogP) is -1.72. The van der Waals surface area contributed by atoms with Gasteiger partial charge in [-0.2, -0.15) is 0 Å². The number of H-pyrrole nitrogens is 1. The number of aromatic amines is 1. The van der Waals surface area contributed by atoms with E-state index in [2.05, 4.69) is 20.5 Å². The molecule has 2 amide bonds. The smallest absolute Gasteiger partial charge is 0.327 e. The van der Waals surface area contributed by atoms with Gasteiger partial charge in [0.15, 0.2) is 0 Å². The Morgan fingerprint density at radius 1 is 0.923 bits per heavy atom. The summed E-state index contributed by atoms with van der Waals surface area (Å²) in [5, 5.41) is 34.1. The highest BCUT2D eigenvalue weighted by Gasteiger charge is 2.23. The molecule has 2 atom stereocenters. The van der Waals surface area contributed by atoms with Gasteiger partial charge in [0.05, 0.1) is 44.9 Å². The van der Waals surface area contributed by atoms with Gasteiger partial charge in [-0.15, -0.1) is 0 Å². The molecule has 52 heavy (non-hydrogen) atoms. The minimum atomic E-state index is -2.58. The molecule has 0 radical (unpaired) electrons. The van der Waals surface area contributed by atoms with Gasteiger partial charge < -0.3 is 40.2 Å². The van der Waals surface area contributed by atoms with Crippen LogP contribution in [0.25, 0.3) is 10.9 Å². The van der Waals surface area contributed by atoms with Crippen molar-refractivity contribution in [2.75, 3.05) is 103 Å². The van der Waals surface area contributed by atoms with Gasteiger partial charge in [-0.05, 0) is 30.7 Å². The molecular weight excluding hydrogens is 727 g/mol. The van der Waals surface area contributed by atoms with Crippen molar-refractivity contribution in [1.82, 2.24) is 29.9 Å². The second kappa shape index (κ2) is 21.5. The predicted molar refractivity (Wildman–Crippen MR) is 191 cm³/mol. The van der Waals surface area contributed by atoms with E-state index in [9.17, 15) is 52.8 Å². The van der Waals surface area contributed by atoms with E-state index in [1.807, 2.05) is 11.8 Å². The SMILES string of the molecule is Cc1cc(NC(=O)CN(CCN2CCOCCN(CCN(CC(=O)O)CC(=O)NC(CSS(=O)[O-])C(=O)O)CC2)CC(=O)O)cc2[nH]c(=O)ccc12. The van der Waals surface area contributed by atoms with Gasteiger partial charge in [0, 0.05) is 85.4 Å². The van der Waals surface area contributed by atoms with E-state index in [0.717, 1.165) is 10.9 Å². The Hall–Kier alpha value is -3.96. The van der Waals surface area contributed by atoms with Crippen LogP contribution in [0.2, 0.25) is 0 Å².